The predicted octanol–water partition coefficient (Wildman–Crippen LogP) is -0.821. The molecule has 15 heavy (non-hydrogen) atoms. The summed E-state index contributed by atoms with van der Waals surface area (Å²) < 4.78 is 7.10. The molecule has 1 aromatic rings. The SMILES string of the molecule is CN1CCOC(C(O)c2cnnn2C)C1. The van der Waals surface area contributed by atoms with Gasteiger partial charge in [-0.25, -0.2) is 4.68 Å². The molecule has 1 aromatic heterocycles. The fourth-order valence-corrected chi connectivity index (χ4v) is 1.76. The first-order chi connectivity index (χ1) is 7.18. The highest BCUT2D eigenvalue weighted by Gasteiger charge is 2.28. The van der Waals surface area contributed by atoms with Gasteiger partial charge in [-0.2, -0.15) is 0 Å². The Labute approximate surface area is 88.4 Å². The molecule has 6 nitrogen and oxygen atoms in total. The van der Waals surface area contributed by atoms with E-state index in [0.29, 0.717) is 12.3 Å². The summed E-state index contributed by atoms with van der Waals surface area (Å²) in [6, 6.07) is 0. The van der Waals surface area contributed by atoms with E-state index in [-0.39, 0.29) is 6.10 Å². The van der Waals surface area contributed by atoms with Crippen molar-refractivity contribution in [1.29, 1.82) is 0 Å². The highest BCUT2D eigenvalue weighted by molar-refractivity contribution is 5.02. The molecule has 0 saturated carbocycles. The lowest BCUT2D eigenvalue weighted by Crippen LogP contribution is -2.43. The number of aryl methyl sites for hydroxylation is 1. The average molecular weight is 212 g/mol. The molecule has 2 atom stereocenters. The topological polar surface area (TPSA) is 63.4 Å². The lowest BCUT2D eigenvalue weighted by molar-refractivity contribution is -0.0866. The summed E-state index contributed by atoms with van der Waals surface area (Å²) >= 11 is 0. The van der Waals surface area contributed by atoms with Crippen LogP contribution in [0, 0.1) is 0 Å². The summed E-state index contributed by atoms with van der Waals surface area (Å²) in [6.45, 7) is 2.29. The number of hydrogen-bond acceptors (Lipinski definition) is 5. The molecule has 84 valence electrons. The van der Waals surface area contributed by atoms with Crippen LogP contribution in [0.15, 0.2) is 6.20 Å². The van der Waals surface area contributed by atoms with E-state index in [0.717, 1.165) is 13.1 Å². The minimum Gasteiger partial charge on any atom is -0.384 e. The average Bonchev–Trinajstić information content (AvgIpc) is 2.63. The van der Waals surface area contributed by atoms with Crippen molar-refractivity contribution in [2.24, 2.45) is 7.05 Å². The van der Waals surface area contributed by atoms with Crippen molar-refractivity contribution < 1.29 is 9.84 Å². The van der Waals surface area contributed by atoms with E-state index in [2.05, 4.69) is 15.2 Å². The highest BCUT2D eigenvalue weighted by Crippen LogP contribution is 2.20. The Morgan fingerprint density at radius 1 is 1.60 bits per heavy atom. The maximum absolute atomic E-state index is 10.1. The van der Waals surface area contributed by atoms with Crippen LogP contribution in [0.4, 0.5) is 0 Å². The largest absolute Gasteiger partial charge is 0.384 e. The summed E-state index contributed by atoms with van der Waals surface area (Å²) in [5.74, 6) is 0. The van der Waals surface area contributed by atoms with Crippen LogP contribution in [-0.4, -0.2) is 57.8 Å². The molecular formula is C9H16N4O2. The van der Waals surface area contributed by atoms with Crippen molar-refractivity contribution in [3.8, 4) is 0 Å². The number of likely N-dealkylation sites (N-methyl/N-ethyl adjacent to an activating group) is 1. The van der Waals surface area contributed by atoms with Gasteiger partial charge < -0.3 is 14.7 Å². The zero-order valence-electron chi connectivity index (χ0n) is 9.00. The van der Waals surface area contributed by atoms with E-state index >= 15 is 0 Å². The van der Waals surface area contributed by atoms with Gasteiger partial charge in [0.2, 0.25) is 0 Å². The van der Waals surface area contributed by atoms with Gasteiger partial charge in [0.05, 0.1) is 18.5 Å². The number of aliphatic hydroxyl groups excluding tert-OH is 1. The molecule has 0 aliphatic carbocycles. The second kappa shape index (κ2) is 4.26. The standard InChI is InChI=1S/C9H16N4O2/c1-12-3-4-15-8(6-12)9(14)7-5-10-11-13(7)2/h5,8-9,14H,3-4,6H2,1-2H3. The quantitative estimate of drug-likeness (QED) is 0.694. The number of morpholine rings is 1. The first kappa shape index (κ1) is 10.5. The minimum absolute atomic E-state index is 0.194. The van der Waals surface area contributed by atoms with Crippen LogP contribution in [0.25, 0.3) is 0 Å². The van der Waals surface area contributed by atoms with Crippen LogP contribution in [0.1, 0.15) is 11.8 Å². The second-order valence-corrected chi connectivity index (χ2v) is 3.90. The van der Waals surface area contributed by atoms with E-state index in [1.54, 1.807) is 17.9 Å². The van der Waals surface area contributed by atoms with Crippen LogP contribution >= 0.6 is 0 Å². The maximum atomic E-state index is 10.1. The van der Waals surface area contributed by atoms with Crippen LogP contribution < -0.4 is 0 Å². The van der Waals surface area contributed by atoms with Crippen LogP contribution in [0.2, 0.25) is 0 Å². The van der Waals surface area contributed by atoms with Gasteiger partial charge in [0.15, 0.2) is 0 Å². The zero-order valence-corrected chi connectivity index (χ0v) is 9.00. The molecule has 1 fully saturated rings. The second-order valence-electron chi connectivity index (χ2n) is 3.90. The number of rotatable bonds is 2. The molecule has 6 heteroatoms. The van der Waals surface area contributed by atoms with E-state index in [9.17, 15) is 5.11 Å². The van der Waals surface area contributed by atoms with Gasteiger partial charge in [-0.1, -0.05) is 5.21 Å². The molecule has 1 aliphatic rings. The highest BCUT2D eigenvalue weighted by atomic mass is 16.5. The number of hydrogen-bond donors (Lipinski definition) is 1. The molecule has 0 radical (unpaired) electrons. The third-order valence-electron chi connectivity index (χ3n) is 2.70. The Bertz CT molecular complexity index is 328. The Morgan fingerprint density at radius 2 is 2.40 bits per heavy atom. The van der Waals surface area contributed by atoms with Crippen molar-refractivity contribution in [3.63, 3.8) is 0 Å². The molecule has 0 bridgehead atoms. The minimum atomic E-state index is -0.659. The normalized spacial score (nSPS) is 25.4. The van der Waals surface area contributed by atoms with Gasteiger partial charge in [-0.05, 0) is 7.05 Å². The maximum Gasteiger partial charge on any atom is 0.125 e. The molecule has 2 heterocycles. The fourth-order valence-electron chi connectivity index (χ4n) is 1.76. The third kappa shape index (κ3) is 2.17. The van der Waals surface area contributed by atoms with Crippen LogP contribution in [0.5, 0.6) is 0 Å². The Kier molecular flexibility index (Phi) is 2.99. The van der Waals surface area contributed by atoms with E-state index in [1.807, 2.05) is 7.05 Å². The Hall–Kier alpha value is -0.980. The van der Waals surface area contributed by atoms with Crippen molar-refractivity contribution in [3.05, 3.63) is 11.9 Å². The van der Waals surface area contributed by atoms with Crippen LogP contribution in [-0.2, 0) is 11.8 Å². The lowest BCUT2D eigenvalue weighted by atomic mass is 10.1. The zero-order chi connectivity index (χ0) is 10.8. The number of nitrogens with zero attached hydrogens (tertiary/aromatic N) is 4. The van der Waals surface area contributed by atoms with Crippen molar-refractivity contribution >= 4 is 0 Å². The van der Waals surface area contributed by atoms with E-state index < -0.39 is 6.10 Å². The monoisotopic (exact) mass is 212 g/mol. The molecule has 0 amide bonds. The molecular weight excluding hydrogens is 196 g/mol. The van der Waals surface area contributed by atoms with Gasteiger partial charge in [0.25, 0.3) is 0 Å². The Balaban J connectivity index is 2.07. The third-order valence-corrected chi connectivity index (χ3v) is 2.70. The van der Waals surface area contributed by atoms with Gasteiger partial charge in [-0.15, -0.1) is 5.10 Å². The first-order valence-corrected chi connectivity index (χ1v) is 5.01. The van der Waals surface area contributed by atoms with Gasteiger partial charge in [0, 0.05) is 20.1 Å². The molecule has 2 rings (SSSR count). The molecule has 0 aromatic carbocycles. The van der Waals surface area contributed by atoms with Crippen molar-refractivity contribution in [1.82, 2.24) is 19.9 Å². The summed E-state index contributed by atoms with van der Waals surface area (Å²) in [7, 11) is 3.78. The number of aromatic nitrogens is 3. The molecule has 1 N–H and O–H groups in total. The van der Waals surface area contributed by atoms with Crippen molar-refractivity contribution in [2.75, 3.05) is 26.7 Å². The number of aliphatic hydroxyl groups is 1. The Morgan fingerprint density at radius 3 is 3.00 bits per heavy atom. The summed E-state index contributed by atoms with van der Waals surface area (Å²) in [4.78, 5) is 2.14. The molecule has 1 aliphatic heterocycles. The van der Waals surface area contributed by atoms with Gasteiger partial charge >= 0.3 is 0 Å². The van der Waals surface area contributed by atoms with Crippen LogP contribution in [0.3, 0.4) is 0 Å². The summed E-state index contributed by atoms with van der Waals surface area (Å²) in [5, 5.41) is 17.6. The predicted molar refractivity (Wildman–Crippen MR) is 53.2 cm³/mol. The lowest BCUT2D eigenvalue weighted by Gasteiger charge is -2.32. The number of ether oxygens (including phenoxy) is 1. The summed E-state index contributed by atoms with van der Waals surface area (Å²) in [5.41, 5.74) is 0.690. The molecule has 1 saturated heterocycles. The van der Waals surface area contributed by atoms with Gasteiger partial charge in [0.1, 0.15) is 12.2 Å². The smallest absolute Gasteiger partial charge is 0.125 e. The summed E-state index contributed by atoms with van der Waals surface area (Å²) in [6.07, 6.45) is 0.719. The molecule has 0 spiro atoms. The molecule has 2 unspecified atom stereocenters. The van der Waals surface area contributed by atoms with E-state index in [4.69, 9.17) is 4.74 Å². The van der Waals surface area contributed by atoms with Crippen molar-refractivity contribution in [2.45, 2.75) is 12.2 Å². The van der Waals surface area contributed by atoms with E-state index in [1.165, 1.54) is 0 Å². The van der Waals surface area contributed by atoms with Gasteiger partial charge in [-0.3, -0.25) is 0 Å². The fraction of sp³-hybridized carbons (Fsp3) is 0.778. The first-order valence-electron chi connectivity index (χ1n) is 5.01.